The van der Waals surface area contributed by atoms with Gasteiger partial charge in [-0.15, -0.1) is 0 Å². The van der Waals surface area contributed by atoms with Gasteiger partial charge in [-0.1, -0.05) is 32.0 Å². The molecule has 31 heavy (non-hydrogen) atoms. The Labute approximate surface area is 186 Å². The first-order valence-corrected chi connectivity index (χ1v) is 11.6. The van der Waals surface area contributed by atoms with Crippen LogP contribution in [-0.4, -0.2) is 46.4 Å². The second-order valence-corrected chi connectivity index (χ2v) is 10.1. The molecule has 2 rings (SSSR count). The monoisotopic (exact) mass is 447 g/mol. The number of nitrogens with zero attached hydrogens (tertiary/aromatic N) is 2. The molecule has 7 nitrogen and oxygen atoms in total. The van der Waals surface area contributed by atoms with Gasteiger partial charge in [0.2, 0.25) is 5.91 Å². The molecule has 0 saturated carbocycles. The second kappa shape index (κ2) is 10.2. The van der Waals surface area contributed by atoms with Crippen LogP contribution in [0.15, 0.2) is 42.5 Å². The third kappa shape index (κ3) is 5.77. The van der Waals surface area contributed by atoms with Gasteiger partial charge in [0.15, 0.2) is 0 Å². The molecule has 0 unspecified atom stereocenters. The van der Waals surface area contributed by atoms with E-state index in [0.717, 1.165) is 31.1 Å². The third-order valence-electron chi connectivity index (χ3n) is 5.16. The molecule has 0 saturated heterocycles. The average Bonchev–Trinajstić information content (AvgIpc) is 2.71. The Balaban J connectivity index is 2.28. The van der Waals surface area contributed by atoms with Gasteiger partial charge in [-0.2, -0.15) is 12.7 Å². The lowest BCUT2D eigenvalue weighted by Crippen LogP contribution is -2.46. The molecule has 0 radical (unpaired) electrons. The van der Waals surface area contributed by atoms with Crippen LogP contribution in [0.5, 0.6) is 5.75 Å². The minimum atomic E-state index is -3.83. The number of nitrogens with one attached hydrogen (secondary N) is 1. The summed E-state index contributed by atoms with van der Waals surface area (Å²) in [5.41, 5.74) is 3.46. The Hall–Kier alpha value is -2.58. The Morgan fingerprint density at radius 1 is 1.06 bits per heavy atom. The summed E-state index contributed by atoms with van der Waals surface area (Å²) in [5, 5.41) is 2.95. The summed E-state index contributed by atoms with van der Waals surface area (Å²) in [7, 11) is 0.703. The SMILES string of the molecule is COc1cc(C)c([C@@H](C)NC(=O)CN(c2ccccc2)S(=O)(=O)N(C)C)cc1C(C)C. The number of carbonyl (C=O) groups excluding carboxylic acids is 1. The molecule has 0 heterocycles. The molecule has 2 aromatic rings. The maximum Gasteiger partial charge on any atom is 0.304 e. The predicted molar refractivity (Wildman–Crippen MR) is 125 cm³/mol. The maximum absolute atomic E-state index is 12.9. The van der Waals surface area contributed by atoms with Crippen molar-refractivity contribution in [3.05, 3.63) is 59.2 Å². The molecular formula is C23H33N3O4S. The number of amides is 1. The zero-order chi connectivity index (χ0) is 23.3. The minimum Gasteiger partial charge on any atom is -0.496 e. The number of hydrogen-bond acceptors (Lipinski definition) is 4. The Bertz CT molecular complexity index is 1000. The zero-order valence-electron chi connectivity index (χ0n) is 19.3. The Morgan fingerprint density at radius 3 is 2.19 bits per heavy atom. The number of hydrogen-bond donors (Lipinski definition) is 1. The van der Waals surface area contributed by atoms with E-state index in [1.807, 2.05) is 19.9 Å². The Morgan fingerprint density at radius 2 is 1.68 bits per heavy atom. The summed E-state index contributed by atoms with van der Waals surface area (Å²) in [4.78, 5) is 12.9. The first-order chi connectivity index (χ1) is 14.5. The van der Waals surface area contributed by atoms with Crippen LogP contribution in [0.4, 0.5) is 5.69 Å². The normalized spacial score (nSPS) is 12.7. The van der Waals surface area contributed by atoms with Gasteiger partial charge in [0.25, 0.3) is 0 Å². The van der Waals surface area contributed by atoms with E-state index in [0.29, 0.717) is 5.69 Å². The number of benzene rings is 2. The highest BCUT2D eigenvalue weighted by molar-refractivity contribution is 7.90. The summed E-state index contributed by atoms with van der Waals surface area (Å²) >= 11 is 0. The van der Waals surface area contributed by atoms with E-state index in [9.17, 15) is 13.2 Å². The average molecular weight is 448 g/mol. The fourth-order valence-electron chi connectivity index (χ4n) is 3.40. The summed E-state index contributed by atoms with van der Waals surface area (Å²) < 4.78 is 33.4. The molecule has 0 aliphatic heterocycles. The van der Waals surface area contributed by atoms with Crippen molar-refractivity contribution in [3.63, 3.8) is 0 Å². The second-order valence-electron chi connectivity index (χ2n) is 8.03. The van der Waals surface area contributed by atoms with Crippen molar-refractivity contribution in [2.45, 2.75) is 39.7 Å². The van der Waals surface area contributed by atoms with Crippen molar-refractivity contribution in [3.8, 4) is 5.75 Å². The molecule has 0 fully saturated rings. The fourth-order valence-corrected chi connectivity index (χ4v) is 4.47. The molecule has 8 heteroatoms. The van der Waals surface area contributed by atoms with E-state index in [4.69, 9.17) is 4.74 Å². The standard InChI is InChI=1S/C23H33N3O4S/c1-16(2)20-14-21(17(3)13-22(20)30-7)18(4)24-23(27)15-26(31(28,29)25(5)6)19-11-9-8-10-12-19/h8-14,16,18H,15H2,1-7H3,(H,24,27)/t18-/m1/s1. The Kier molecular flexibility index (Phi) is 8.08. The summed E-state index contributed by atoms with van der Waals surface area (Å²) in [6.45, 7) is 7.72. The van der Waals surface area contributed by atoms with Crippen LogP contribution < -0.4 is 14.4 Å². The molecule has 0 aromatic heterocycles. The van der Waals surface area contributed by atoms with Crippen LogP contribution in [0, 0.1) is 6.92 Å². The van der Waals surface area contributed by atoms with E-state index in [1.165, 1.54) is 14.1 Å². The van der Waals surface area contributed by atoms with Gasteiger partial charge in [-0.05, 0) is 60.7 Å². The predicted octanol–water partition coefficient (Wildman–Crippen LogP) is 3.62. The van der Waals surface area contributed by atoms with E-state index < -0.39 is 10.2 Å². The highest BCUT2D eigenvalue weighted by atomic mass is 32.2. The van der Waals surface area contributed by atoms with E-state index in [-0.39, 0.29) is 24.4 Å². The van der Waals surface area contributed by atoms with Crippen molar-refractivity contribution in [1.82, 2.24) is 9.62 Å². The summed E-state index contributed by atoms with van der Waals surface area (Å²) in [6.07, 6.45) is 0. The highest BCUT2D eigenvalue weighted by Crippen LogP contribution is 2.32. The van der Waals surface area contributed by atoms with Crippen LogP contribution in [0.25, 0.3) is 0 Å². The van der Waals surface area contributed by atoms with Crippen molar-refractivity contribution < 1.29 is 17.9 Å². The quantitative estimate of drug-likeness (QED) is 0.637. The number of carbonyl (C=O) groups is 1. The first kappa shape index (κ1) is 24.7. The van der Waals surface area contributed by atoms with Crippen molar-refractivity contribution in [2.24, 2.45) is 0 Å². The van der Waals surface area contributed by atoms with Gasteiger partial charge >= 0.3 is 10.2 Å². The number of para-hydroxylation sites is 1. The van der Waals surface area contributed by atoms with Crippen LogP contribution >= 0.6 is 0 Å². The van der Waals surface area contributed by atoms with Crippen LogP contribution in [0.3, 0.4) is 0 Å². The number of rotatable bonds is 9. The molecule has 170 valence electrons. The summed E-state index contributed by atoms with van der Waals surface area (Å²) in [6, 6.07) is 12.3. The van der Waals surface area contributed by atoms with Crippen LogP contribution in [0.1, 0.15) is 49.4 Å². The highest BCUT2D eigenvalue weighted by Gasteiger charge is 2.28. The molecule has 0 aliphatic carbocycles. The van der Waals surface area contributed by atoms with Gasteiger partial charge < -0.3 is 10.1 Å². The summed E-state index contributed by atoms with van der Waals surface area (Å²) in [5.74, 6) is 0.696. The molecule has 1 N–H and O–H groups in total. The lowest BCUT2D eigenvalue weighted by Gasteiger charge is -2.28. The third-order valence-corrected chi connectivity index (χ3v) is 6.98. The maximum atomic E-state index is 12.9. The lowest BCUT2D eigenvalue weighted by atomic mass is 9.93. The van der Waals surface area contributed by atoms with E-state index in [1.54, 1.807) is 37.4 Å². The fraction of sp³-hybridized carbons (Fsp3) is 0.435. The largest absolute Gasteiger partial charge is 0.496 e. The van der Waals surface area contributed by atoms with Crippen LogP contribution in [0.2, 0.25) is 0 Å². The van der Waals surface area contributed by atoms with Gasteiger partial charge in [-0.25, -0.2) is 4.31 Å². The van der Waals surface area contributed by atoms with Gasteiger partial charge in [0, 0.05) is 14.1 Å². The number of methoxy groups -OCH3 is 1. The van der Waals surface area contributed by atoms with Crippen molar-refractivity contribution >= 4 is 21.8 Å². The van der Waals surface area contributed by atoms with Crippen molar-refractivity contribution in [2.75, 3.05) is 32.1 Å². The minimum absolute atomic E-state index is 0.260. The molecule has 2 aromatic carbocycles. The van der Waals surface area contributed by atoms with Gasteiger partial charge in [0.1, 0.15) is 12.3 Å². The molecule has 0 aliphatic rings. The number of aryl methyl sites for hydroxylation is 1. The molecule has 1 atom stereocenters. The topological polar surface area (TPSA) is 79.0 Å². The molecular weight excluding hydrogens is 414 g/mol. The van der Waals surface area contributed by atoms with E-state index >= 15 is 0 Å². The van der Waals surface area contributed by atoms with Gasteiger partial charge in [0.05, 0.1) is 18.8 Å². The molecule has 1 amide bonds. The molecule has 0 spiro atoms. The zero-order valence-corrected chi connectivity index (χ0v) is 20.2. The molecule has 0 bridgehead atoms. The number of anilines is 1. The smallest absolute Gasteiger partial charge is 0.304 e. The lowest BCUT2D eigenvalue weighted by molar-refractivity contribution is -0.120. The first-order valence-electron chi connectivity index (χ1n) is 10.2. The van der Waals surface area contributed by atoms with Crippen LogP contribution in [-0.2, 0) is 15.0 Å². The van der Waals surface area contributed by atoms with E-state index in [2.05, 4.69) is 25.2 Å². The van der Waals surface area contributed by atoms with Crippen molar-refractivity contribution in [1.29, 1.82) is 0 Å². The van der Waals surface area contributed by atoms with Gasteiger partial charge in [-0.3, -0.25) is 4.79 Å². The number of ether oxygens (including phenoxy) is 1.